The van der Waals surface area contributed by atoms with Gasteiger partial charge in [0.25, 0.3) is 0 Å². The van der Waals surface area contributed by atoms with E-state index in [1.807, 2.05) is 0 Å². The van der Waals surface area contributed by atoms with Crippen molar-refractivity contribution < 1.29 is 18.7 Å². The molecule has 1 aliphatic carbocycles. The lowest BCUT2D eigenvalue weighted by Gasteiger charge is -2.42. The second-order valence-electron chi connectivity index (χ2n) is 8.03. The monoisotopic (exact) mass is 386 g/mol. The molecule has 3 rings (SSSR count). The lowest BCUT2D eigenvalue weighted by atomic mass is 9.63. The summed E-state index contributed by atoms with van der Waals surface area (Å²) in [4.78, 5) is 27.6. The number of hydrogen-bond acceptors (Lipinski definition) is 6. The van der Waals surface area contributed by atoms with Gasteiger partial charge in [0.1, 0.15) is 17.1 Å². The number of hydrogen-bond donors (Lipinski definition) is 1. The fraction of sp³-hybridized carbons (Fsp3) is 0.450. The zero-order valence-corrected chi connectivity index (χ0v) is 16.2. The molecule has 7 nitrogen and oxygen atoms in total. The van der Waals surface area contributed by atoms with Crippen LogP contribution in [0.1, 0.15) is 61.8 Å². The van der Waals surface area contributed by atoms with Crippen LogP contribution in [0.4, 0.5) is 15.0 Å². The Morgan fingerprint density at radius 3 is 2.68 bits per heavy atom. The van der Waals surface area contributed by atoms with Crippen LogP contribution < -0.4 is 5.32 Å². The molecule has 1 saturated carbocycles. The summed E-state index contributed by atoms with van der Waals surface area (Å²) in [6.07, 6.45) is 4.32. The molecule has 1 fully saturated rings. The zero-order chi connectivity index (χ0) is 20.4. The number of amides is 1. The average Bonchev–Trinajstić information content (AvgIpc) is 2.58. The van der Waals surface area contributed by atoms with Gasteiger partial charge >= 0.3 is 6.09 Å². The Labute approximate surface area is 162 Å². The zero-order valence-electron chi connectivity index (χ0n) is 16.2. The minimum Gasteiger partial charge on any atom is -0.444 e. The van der Waals surface area contributed by atoms with Crippen LogP contribution in [0.5, 0.6) is 0 Å². The quantitative estimate of drug-likeness (QED) is 0.785. The highest BCUT2D eigenvalue weighted by molar-refractivity contribution is 5.85. The maximum absolute atomic E-state index is 14.4. The normalized spacial score (nSPS) is 15.4. The van der Waals surface area contributed by atoms with Crippen molar-refractivity contribution in [2.75, 3.05) is 5.32 Å². The van der Waals surface area contributed by atoms with Gasteiger partial charge in [-0.3, -0.25) is 15.1 Å². The summed E-state index contributed by atoms with van der Waals surface area (Å²) < 4.78 is 19.7. The summed E-state index contributed by atoms with van der Waals surface area (Å²) in [5, 5.41) is 10.4. The summed E-state index contributed by atoms with van der Waals surface area (Å²) in [7, 11) is 0. The first-order valence-corrected chi connectivity index (χ1v) is 9.15. The summed E-state index contributed by atoms with van der Waals surface area (Å²) in [5.74, 6) is -0.163. The molecule has 0 atom stereocenters. The summed E-state index contributed by atoms with van der Waals surface area (Å²) >= 11 is 0. The molecule has 0 bridgehead atoms. The number of nitrogens with zero attached hydrogens (tertiary/aromatic N) is 3. The van der Waals surface area contributed by atoms with Crippen molar-refractivity contribution in [1.29, 1.82) is 0 Å². The van der Waals surface area contributed by atoms with Gasteiger partial charge in [0.2, 0.25) is 0 Å². The Bertz CT molecular complexity index is 891. The molecule has 0 spiro atoms. The molecule has 0 aromatic carbocycles. The highest BCUT2D eigenvalue weighted by Gasteiger charge is 2.42. The first kappa shape index (κ1) is 19.9. The Morgan fingerprint density at radius 2 is 2.11 bits per heavy atom. The number of rotatable bonds is 5. The number of carbonyl (C=O) groups excluding carboxylic acids is 2. The number of anilines is 1. The van der Waals surface area contributed by atoms with Gasteiger partial charge in [-0.15, -0.1) is 10.2 Å². The van der Waals surface area contributed by atoms with Gasteiger partial charge in [-0.05, 0) is 58.2 Å². The number of pyridine rings is 1. The highest BCUT2D eigenvalue weighted by Crippen LogP contribution is 2.46. The number of halogens is 1. The van der Waals surface area contributed by atoms with E-state index in [4.69, 9.17) is 4.74 Å². The predicted octanol–water partition coefficient (Wildman–Crippen LogP) is 3.83. The topological polar surface area (TPSA) is 94.1 Å². The van der Waals surface area contributed by atoms with Crippen LogP contribution in [0.3, 0.4) is 0 Å². The van der Waals surface area contributed by atoms with Gasteiger partial charge in [-0.2, -0.15) is 0 Å². The van der Waals surface area contributed by atoms with E-state index in [2.05, 4.69) is 20.5 Å². The third kappa shape index (κ3) is 4.32. The molecular formula is C20H23FN4O3. The highest BCUT2D eigenvalue weighted by atomic mass is 19.1. The molecule has 0 radical (unpaired) electrons. The van der Waals surface area contributed by atoms with Crippen molar-refractivity contribution >= 4 is 18.2 Å². The standard InChI is InChI=1S/C20H23FN4O3/c1-19(2,3)28-18(27)23-17-13(10-14(12-26)24-25-17)11-20(7-5-8-20)16-15(21)6-4-9-22-16/h4,6,9-10,12H,5,7-8,11H2,1-3H3,(H,23,25,27). The number of ether oxygens (including phenoxy) is 1. The maximum atomic E-state index is 14.4. The van der Waals surface area contributed by atoms with Gasteiger partial charge < -0.3 is 4.74 Å². The summed E-state index contributed by atoms with van der Waals surface area (Å²) in [6.45, 7) is 5.26. The molecule has 0 aliphatic heterocycles. The van der Waals surface area contributed by atoms with E-state index in [9.17, 15) is 14.0 Å². The third-order valence-corrected chi connectivity index (χ3v) is 4.73. The van der Waals surface area contributed by atoms with Crippen molar-refractivity contribution in [2.45, 2.75) is 57.5 Å². The lowest BCUT2D eigenvalue weighted by molar-refractivity contribution is 0.0634. The molecular weight excluding hydrogens is 363 g/mol. The van der Waals surface area contributed by atoms with E-state index >= 15 is 0 Å². The molecule has 1 N–H and O–H groups in total. The molecule has 2 aromatic rings. The second kappa shape index (κ2) is 7.61. The van der Waals surface area contributed by atoms with E-state index in [0.29, 0.717) is 24.0 Å². The molecule has 0 unspecified atom stereocenters. The summed E-state index contributed by atoms with van der Waals surface area (Å²) in [5.41, 5.74) is -0.0478. The largest absolute Gasteiger partial charge is 0.444 e. The molecule has 0 saturated heterocycles. The Balaban J connectivity index is 1.92. The van der Waals surface area contributed by atoms with E-state index in [0.717, 1.165) is 19.3 Å². The van der Waals surface area contributed by atoms with Crippen molar-refractivity contribution in [3.8, 4) is 0 Å². The fourth-order valence-corrected chi connectivity index (χ4v) is 3.39. The van der Waals surface area contributed by atoms with Crippen LogP contribution in [0, 0.1) is 5.82 Å². The van der Waals surface area contributed by atoms with Gasteiger partial charge in [0, 0.05) is 17.2 Å². The Kier molecular flexibility index (Phi) is 5.40. The van der Waals surface area contributed by atoms with Crippen LogP contribution in [-0.2, 0) is 16.6 Å². The number of carbonyl (C=O) groups is 2. The fourth-order valence-electron chi connectivity index (χ4n) is 3.39. The van der Waals surface area contributed by atoms with Crippen molar-refractivity contribution in [1.82, 2.24) is 15.2 Å². The first-order chi connectivity index (χ1) is 13.2. The lowest BCUT2D eigenvalue weighted by Crippen LogP contribution is -2.39. The average molecular weight is 386 g/mol. The van der Waals surface area contributed by atoms with E-state index in [1.165, 1.54) is 6.07 Å². The smallest absolute Gasteiger partial charge is 0.413 e. The molecule has 2 heterocycles. The van der Waals surface area contributed by atoms with Crippen LogP contribution in [-0.4, -0.2) is 33.2 Å². The molecule has 2 aromatic heterocycles. The summed E-state index contributed by atoms with van der Waals surface area (Å²) in [6, 6.07) is 4.51. The minimum atomic E-state index is -0.674. The SMILES string of the molecule is CC(C)(C)OC(=O)Nc1nnc(C=O)cc1CC1(c2ncccc2F)CCC1. The van der Waals surface area contributed by atoms with Crippen LogP contribution in [0.2, 0.25) is 0 Å². The molecule has 28 heavy (non-hydrogen) atoms. The molecule has 8 heteroatoms. The Hall–Kier alpha value is -2.90. The van der Waals surface area contributed by atoms with E-state index in [-0.39, 0.29) is 17.3 Å². The van der Waals surface area contributed by atoms with Crippen LogP contribution in [0.15, 0.2) is 24.4 Å². The molecule has 148 valence electrons. The van der Waals surface area contributed by atoms with Crippen molar-refractivity contribution in [2.24, 2.45) is 0 Å². The van der Waals surface area contributed by atoms with E-state index in [1.54, 1.807) is 39.1 Å². The Morgan fingerprint density at radius 1 is 1.36 bits per heavy atom. The number of nitrogens with one attached hydrogen (secondary N) is 1. The van der Waals surface area contributed by atoms with Crippen molar-refractivity contribution in [3.63, 3.8) is 0 Å². The predicted molar refractivity (Wildman–Crippen MR) is 101 cm³/mol. The molecule has 1 aliphatic rings. The van der Waals surface area contributed by atoms with Crippen molar-refractivity contribution in [3.05, 3.63) is 47.2 Å². The first-order valence-electron chi connectivity index (χ1n) is 9.15. The van der Waals surface area contributed by atoms with E-state index < -0.39 is 17.1 Å². The number of aldehydes is 1. The van der Waals surface area contributed by atoms with Crippen LogP contribution in [0.25, 0.3) is 0 Å². The third-order valence-electron chi connectivity index (χ3n) is 4.73. The van der Waals surface area contributed by atoms with Gasteiger partial charge in [-0.25, -0.2) is 9.18 Å². The van der Waals surface area contributed by atoms with Gasteiger partial charge in [-0.1, -0.05) is 6.42 Å². The minimum absolute atomic E-state index is 0.140. The van der Waals surface area contributed by atoms with Gasteiger partial charge in [0.15, 0.2) is 12.1 Å². The van der Waals surface area contributed by atoms with Gasteiger partial charge in [0.05, 0.1) is 5.69 Å². The maximum Gasteiger partial charge on any atom is 0.413 e. The van der Waals surface area contributed by atoms with Crippen LogP contribution >= 0.6 is 0 Å². The second-order valence-corrected chi connectivity index (χ2v) is 8.03. The number of aromatic nitrogens is 3. The molecule has 1 amide bonds.